The standard InChI is InChI=1S/C16H25NO/c1-12-8-14(3)15(9-13(12)2)4-7-17-10-16(11-18)5-6-16/h8-9,17-18H,4-7,10-11H2,1-3H3. The van der Waals surface area contributed by atoms with Crippen molar-refractivity contribution in [2.45, 2.75) is 40.0 Å². The predicted octanol–water partition coefficient (Wildman–Crippen LogP) is 2.52. The maximum atomic E-state index is 9.24. The first kappa shape index (κ1) is 13.6. The Morgan fingerprint density at radius 2 is 1.78 bits per heavy atom. The van der Waals surface area contributed by atoms with E-state index in [1.54, 1.807) is 0 Å². The van der Waals surface area contributed by atoms with Crippen molar-refractivity contribution in [2.24, 2.45) is 5.41 Å². The maximum Gasteiger partial charge on any atom is 0.0499 e. The summed E-state index contributed by atoms with van der Waals surface area (Å²) in [5, 5.41) is 12.7. The summed E-state index contributed by atoms with van der Waals surface area (Å²) < 4.78 is 0. The van der Waals surface area contributed by atoms with Crippen LogP contribution in [-0.2, 0) is 6.42 Å². The third-order valence-electron chi connectivity index (χ3n) is 4.32. The highest BCUT2D eigenvalue weighted by Gasteiger charge is 2.41. The Balaban J connectivity index is 1.81. The van der Waals surface area contributed by atoms with E-state index in [-0.39, 0.29) is 5.41 Å². The predicted molar refractivity (Wildman–Crippen MR) is 76.0 cm³/mol. The fourth-order valence-corrected chi connectivity index (χ4v) is 2.43. The van der Waals surface area contributed by atoms with Gasteiger partial charge in [-0.25, -0.2) is 0 Å². The van der Waals surface area contributed by atoms with Crippen molar-refractivity contribution >= 4 is 0 Å². The normalized spacial score (nSPS) is 16.9. The molecule has 1 saturated carbocycles. The quantitative estimate of drug-likeness (QED) is 0.757. The Hall–Kier alpha value is -0.860. The molecule has 2 nitrogen and oxygen atoms in total. The molecule has 2 N–H and O–H groups in total. The molecule has 0 aliphatic heterocycles. The van der Waals surface area contributed by atoms with Crippen molar-refractivity contribution in [3.63, 3.8) is 0 Å². The van der Waals surface area contributed by atoms with Crippen molar-refractivity contribution in [1.29, 1.82) is 0 Å². The van der Waals surface area contributed by atoms with Crippen LogP contribution < -0.4 is 5.32 Å². The van der Waals surface area contributed by atoms with Gasteiger partial charge in [-0.2, -0.15) is 0 Å². The van der Waals surface area contributed by atoms with E-state index in [1.165, 1.54) is 35.1 Å². The lowest BCUT2D eigenvalue weighted by Gasteiger charge is -2.14. The number of rotatable bonds is 6. The topological polar surface area (TPSA) is 32.3 Å². The van der Waals surface area contributed by atoms with Gasteiger partial charge in [-0.15, -0.1) is 0 Å². The van der Waals surface area contributed by atoms with Gasteiger partial charge in [0, 0.05) is 18.6 Å². The van der Waals surface area contributed by atoms with E-state index in [4.69, 9.17) is 0 Å². The summed E-state index contributed by atoms with van der Waals surface area (Å²) >= 11 is 0. The molecule has 2 rings (SSSR count). The molecule has 0 spiro atoms. The Morgan fingerprint density at radius 3 is 2.39 bits per heavy atom. The summed E-state index contributed by atoms with van der Waals surface area (Å²) in [6, 6.07) is 4.59. The van der Waals surface area contributed by atoms with E-state index in [0.29, 0.717) is 6.61 Å². The average molecular weight is 247 g/mol. The molecule has 2 heteroatoms. The molecule has 100 valence electrons. The molecule has 0 saturated heterocycles. The first-order chi connectivity index (χ1) is 8.56. The van der Waals surface area contributed by atoms with E-state index in [0.717, 1.165) is 19.5 Å². The highest BCUT2D eigenvalue weighted by atomic mass is 16.3. The monoisotopic (exact) mass is 247 g/mol. The molecule has 1 aliphatic carbocycles. The number of nitrogens with one attached hydrogen (secondary N) is 1. The van der Waals surface area contributed by atoms with Crippen molar-refractivity contribution in [1.82, 2.24) is 5.32 Å². The molecule has 0 heterocycles. The molecule has 1 aliphatic rings. The molecule has 0 amide bonds. The average Bonchev–Trinajstić information content (AvgIpc) is 3.11. The fraction of sp³-hybridized carbons (Fsp3) is 0.625. The largest absolute Gasteiger partial charge is 0.396 e. The fourth-order valence-electron chi connectivity index (χ4n) is 2.43. The van der Waals surface area contributed by atoms with E-state index in [9.17, 15) is 5.11 Å². The van der Waals surface area contributed by atoms with Gasteiger partial charge < -0.3 is 10.4 Å². The molecule has 1 fully saturated rings. The zero-order valence-electron chi connectivity index (χ0n) is 11.8. The zero-order valence-corrected chi connectivity index (χ0v) is 11.8. The Kier molecular flexibility index (Phi) is 4.08. The first-order valence-corrected chi connectivity index (χ1v) is 6.95. The summed E-state index contributed by atoms with van der Waals surface area (Å²) in [7, 11) is 0. The molecule has 18 heavy (non-hydrogen) atoms. The smallest absolute Gasteiger partial charge is 0.0499 e. The number of benzene rings is 1. The molecule has 0 bridgehead atoms. The SMILES string of the molecule is Cc1cc(C)c(CCNCC2(CO)CC2)cc1C. The van der Waals surface area contributed by atoms with Crippen molar-refractivity contribution in [3.05, 3.63) is 34.4 Å². The van der Waals surface area contributed by atoms with Gasteiger partial charge in [-0.3, -0.25) is 0 Å². The molecule has 1 aromatic rings. The second-order valence-corrected chi connectivity index (χ2v) is 5.95. The van der Waals surface area contributed by atoms with Crippen LogP contribution in [0.2, 0.25) is 0 Å². The van der Waals surface area contributed by atoms with Gasteiger partial charge in [-0.05, 0) is 68.8 Å². The summed E-state index contributed by atoms with van der Waals surface area (Å²) in [5.74, 6) is 0. The van der Waals surface area contributed by atoms with Gasteiger partial charge in [0.1, 0.15) is 0 Å². The third kappa shape index (κ3) is 3.12. The Bertz CT molecular complexity index is 421. The minimum Gasteiger partial charge on any atom is -0.396 e. The maximum absolute atomic E-state index is 9.24. The minimum atomic E-state index is 0.220. The van der Waals surface area contributed by atoms with Crippen molar-refractivity contribution < 1.29 is 5.11 Å². The molecular formula is C16H25NO. The highest BCUT2D eigenvalue weighted by molar-refractivity contribution is 5.36. The van der Waals surface area contributed by atoms with Crippen LogP contribution in [0.15, 0.2) is 12.1 Å². The molecule has 0 atom stereocenters. The van der Waals surface area contributed by atoms with Gasteiger partial charge in [0.15, 0.2) is 0 Å². The molecule has 0 aromatic heterocycles. The van der Waals surface area contributed by atoms with Gasteiger partial charge in [-0.1, -0.05) is 12.1 Å². The number of aliphatic hydroxyl groups excluding tert-OH is 1. The second kappa shape index (κ2) is 5.41. The lowest BCUT2D eigenvalue weighted by Crippen LogP contribution is -2.28. The van der Waals surface area contributed by atoms with Gasteiger partial charge in [0.25, 0.3) is 0 Å². The Morgan fingerprint density at radius 1 is 1.11 bits per heavy atom. The van der Waals surface area contributed by atoms with E-state index >= 15 is 0 Å². The summed E-state index contributed by atoms with van der Waals surface area (Å²) in [5.41, 5.74) is 5.81. The van der Waals surface area contributed by atoms with Gasteiger partial charge in [0.05, 0.1) is 0 Å². The van der Waals surface area contributed by atoms with E-state index in [1.807, 2.05) is 0 Å². The molecular weight excluding hydrogens is 222 g/mol. The summed E-state index contributed by atoms with van der Waals surface area (Å²) in [6.45, 7) is 8.85. The molecule has 0 radical (unpaired) electrons. The third-order valence-corrected chi connectivity index (χ3v) is 4.32. The zero-order chi connectivity index (χ0) is 13.2. The van der Waals surface area contributed by atoms with Crippen LogP contribution in [0.3, 0.4) is 0 Å². The molecule has 0 unspecified atom stereocenters. The number of aliphatic hydroxyl groups is 1. The van der Waals surface area contributed by atoms with Crippen LogP contribution in [0, 0.1) is 26.2 Å². The number of hydrogen-bond donors (Lipinski definition) is 2. The van der Waals surface area contributed by atoms with Crippen LogP contribution in [0.25, 0.3) is 0 Å². The van der Waals surface area contributed by atoms with Gasteiger partial charge >= 0.3 is 0 Å². The number of aryl methyl sites for hydroxylation is 3. The lowest BCUT2D eigenvalue weighted by atomic mass is 9.99. The Labute approximate surface area is 110 Å². The highest BCUT2D eigenvalue weighted by Crippen LogP contribution is 2.44. The van der Waals surface area contributed by atoms with Crippen LogP contribution >= 0.6 is 0 Å². The van der Waals surface area contributed by atoms with Crippen LogP contribution in [0.5, 0.6) is 0 Å². The van der Waals surface area contributed by atoms with Crippen molar-refractivity contribution in [3.8, 4) is 0 Å². The van der Waals surface area contributed by atoms with E-state index in [2.05, 4.69) is 38.2 Å². The second-order valence-electron chi connectivity index (χ2n) is 5.95. The number of hydrogen-bond acceptors (Lipinski definition) is 2. The summed E-state index contributed by atoms with van der Waals surface area (Å²) in [4.78, 5) is 0. The van der Waals surface area contributed by atoms with Crippen molar-refractivity contribution in [2.75, 3.05) is 19.7 Å². The van der Waals surface area contributed by atoms with Crippen LogP contribution in [0.4, 0.5) is 0 Å². The molecule has 1 aromatic carbocycles. The van der Waals surface area contributed by atoms with E-state index < -0.39 is 0 Å². The van der Waals surface area contributed by atoms with Gasteiger partial charge in [0.2, 0.25) is 0 Å². The summed E-state index contributed by atoms with van der Waals surface area (Å²) in [6.07, 6.45) is 3.44. The minimum absolute atomic E-state index is 0.220. The van der Waals surface area contributed by atoms with Crippen LogP contribution in [0.1, 0.15) is 35.1 Å². The lowest BCUT2D eigenvalue weighted by molar-refractivity contribution is 0.208. The first-order valence-electron chi connectivity index (χ1n) is 6.95. The van der Waals surface area contributed by atoms with Crippen LogP contribution in [-0.4, -0.2) is 24.8 Å².